The van der Waals surface area contributed by atoms with Gasteiger partial charge in [0.2, 0.25) is 0 Å². The highest BCUT2D eigenvalue weighted by atomic mass is 32.1. The zero-order valence-corrected chi connectivity index (χ0v) is 12.1. The summed E-state index contributed by atoms with van der Waals surface area (Å²) in [6, 6.07) is 0.254. The minimum absolute atomic E-state index is 0.254. The third-order valence-electron chi connectivity index (χ3n) is 3.06. The largest absolute Gasteiger partial charge is 0.361 e. The lowest BCUT2D eigenvalue weighted by Gasteiger charge is -2.10. The fourth-order valence-electron chi connectivity index (χ4n) is 1.78. The van der Waals surface area contributed by atoms with Gasteiger partial charge in [0, 0.05) is 23.2 Å². The zero-order chi connectivity index (χ0) is 13.1. The lowest BCUT2D eigenvalue weighted by atomic mass is 10.2. The van der Waals surface area contributed by atoms with Crippen LogP contribution < -0.4 is 5.32 Å². The molecule has 0 radical (unpaired) electrons. The molecule has 4 nitrogen and oxygen atoms in total. The van der Waals surface area contributed by atoms with E-state index in [4.69, 9.17) is 4.52 Å². The molecule has 2 rings (SSSR count). The number of thiazole rings is 1. The first kappa shape index (κ1) is 13.2. The van der Waals surface area contributed by atoms with Gasteiger partial charge in [-0.1, -0.05) is 12.1 Å². The number of aromatic nitrogens is 2. The van der Waals surface area contributed by atoms with Gasteiger partial charge in [0.1, 0.15) is 10.8 Å². The summed E-state index contributed by atoms with van der Waals surface area (Å²) in [5, 5.41) is 8.56. The van der Waals surface area contributed by atoms with Gasteiger partial charge in [-0.25, -0.2) is 4.98 Å². The van der Waals surface area contributed by atoms with Crippen LogP contribution in [0.4, 0.5) is 0 Å². The Morgan fingerprint density at radius 2 is 2.22 bits per heavy atom. The van der Waals surface area contributed by atoms with Gasteiger partial charge < -0.3 is 9.84 Å². The predicted molar refractivity (Wildman–Crippen MR) is 72.7 cm³/mol. The maximum Gasteiger partial charge on any atom is 0.138 e. The van der Waals surface area contributed by atoms with Crippen molar-refractivity contribution in [3.05, 3.63) is 33.1 Å². The van der Waals surface area contributed by atoms with Gasteiger partial charge in [-0.05, 0) is 27.2 Å². The van der Waals surface area contributed by atoms with E-state index in [1.807, 2.05) is 20.0 Å². The average molecular weight is 265 g/mol. The van der Waals surface area contributed by atoms with Crippen molar-refractivity contribution in [2.24, 2.45) is 0 Å². The minimum Gasteiger partial charge on any atom is -0.361 e. The second-order valence-electron chi connectivity index (χ2n) is 4.42. The predicted octanol–water partition coefficient (Wildman–Crippen LogP) is 3.16. The highest BCUT2D eigenvalue weighted by molar-refractivity contribution is 7.11. The Hall–Kier alpha value is -1.20. The Morgan fingerprint density at radius 3 is 2.78 bits per heavy atom. The molecule has 1 N–H and O–H groups in total. The van der Waals surface area contributed by atoms with Crippen LogP contribution in [0.15, 0.2) is 10.7 Å². The quantitative estimate of drug-likeness (QED) is 0.902. The van der Waals surface area contributed by atoms with Gasteiger partial charge in [-0.15, -0.1) is 11.3 Å². The van der Waals surface area contributed by atoms with E-state index in [1.165, 1.54) is 4.88 Å². The molecule has 1 atom stereocenters. The van der Waals surface area contributed by atoms with Crippen LogP contribution in [-0.4, -0.2) is 10.1 Å². The third kappa shape index (κ3) is 2.79. The fourth-order valence-corrected chi connectivity index (χ4v) is 2.67. The van der Waals surface area contributed by atoms with Crippen molar-refractivity contribution in [2.45, 2.75) is 46.7 Å². The number of rotatable bonds is 5. The molecule has 0 aliphatic carbocycles. The van der Waals surface area contributed by atoms with Crippen LogP contribution in [0.1, 0.15) is 46.8 Å². The molecule has 1 unspecified atom stereocenters. The molecule has 0 fully saturated rings. The summed E-state index contributed by atoms with van der Waals surface area (Å²) in [6.45, 7) is 8.97. The van der Waals surface area contributed by atoms with E-state index < -0.39 is 0 Å². The average Bonchev–Trinajstić information content (AvgIpc) is 2.95. The van der Waals surface area contributed by atoms with E-state index in [-0.39, 0.29) is 6.04 Å². The van der Waals surface area contributed by atoms with Crippen molar-refractivity contribution in [3.63, 3.8) is 0 Å². The highest BCUT2D eigenvalue weighted by Crippen LogP contribution is 2.21. The molecule has 0 aromatic carbocycles. The summed E-state index contributed by atoms with van der Waals surface area (Å²) in [6.07, 6.45) is 3.02. The van der Waals surface area contributed by atoms with Gasteiger partial charge in [0.05, 0.1) is 11.7 Å². The van der Waals surface area contributed by atoms with Crippen LogP contribution in [-0.2, 0) is 13.0 Å². The van der Waals surface area contributed by atoms with E-state index in [0.29, 0.717) is 0 Å². The molecule has 2 aromatic rings. The van der Waals surface area contributed by atoms with Crippen molar-refractivity contribution >= 4 is 11.3 Å². The van der Waals surface area contributed by atoms with E-state index in [0.717, 1.165) is 35.0 Å². The Kier molecular flexibility index (Phi) is 4.14. The summed E-state index contributed by atoms with van der Waals surface area (Å²) in [5.74, 6) is 0.889. The Bertz CT molecular complexity index is 499. The van der Waals surface area contributed by atoms with Crippen LogP contribution in [0.3, 0.4) is 0 Å². The first-order valence-electron chi connectivity index (χ1n) is 6.21. The Balaban J connectivity index is 1.98. The Morgan fingerprint density at radius 1 is 1.44 bits per heavy atom. The van der Waals surface area contributed by atoms with Crippen LogP contribution in [0.2, 0.25) is 0 Å². The summed E-state index contributed by atoms with van der Waals surface area (Å²) >= 11 is 1.77. The molecule has 0 spiro atoms. The number of hydrogen-bond acceptors (Lipinski definition) is 5. The minimum atomic E-state index is 0.254. The molecule has 5 heteroatoms. The van der Waals surface area contributed by atoms with Crippen LogP contribution in [0.25, 0.3) is 0 Å². The third-order valence-corrected chi connectivity index (χ3v) is 4.38. The monoisotopic (exact) mass is 265 g/mol. The van der Waals surface area contributed by atoms with Gasteiger partial charge in [-0.2, -0.15) is 0 Å². The van der Waals surface area contributed by atoms with E-state index in [9.17, 15) is 0 Å². The van der Waals surface area contributed by atoms with Crippen molar-refractivity contribution in [1.29, 1.82) is 0 Å². The molecule has 0 saturated heterocycles. The molecular formula is C13H19N3OS. The molecule has 0 saturated carbocycles. The van der Waals surface area contributed by atoms with Gasteiger partial charge in [0.25, 0.3) is 0 Å². The summed E-state index contributed by atoms with van der Waals surface area (Å²) in [7, 11) is 0. The normalized spacial score (nSPS) is 12.9. The maximum atomic E-state index is 5.15. The van der Waals surface area contributed by atoms with Crippen LogP contribution in [0, 0.1) is 13.8 Å². The molecule has 0 bridgehead atoms. The van der Waals surface area contributed by atoms with Crippen molar-refractivity contribution in [3.8, 4) is 0 Å². The number of nitrogens with zero attached hydrogens (tertiary/aromatic N) is 2. The maximum absolute atomic E-state index is 5.15. The second-order valence-corrected chi connectivity index (χ2v) is 5.57. The molecule has 2 heterocycles. The fraction of sp³-hybridized carbons (Fsp3) is 0.538. The number of nitrogens with one attached hydrogen (secondary N) is 1. The summed E-state index contributed by atoms with van der Waals surface area (Å²) in [4.78, 5) is 5.78. The summed E-state index contributed by atoms with van der Waals surface area (Å²) < 4.78 is 5.15. The first-order valence-corrected chi connectivity index (χ1v) is 7.03. The standard InChI is InChI=1S/C13H19N3OS/c1-5-11-6-15-13(18-11)9(3)14-7-12-8(2)16-17-10(12)4/h6,9,14H,5,7H2,1-4H3. The van der Waals surface area contributed by atoms with Crippen LogP contribution in [0.5, 0.6) is 0 Å². The SMILES string of the molecule is CCc1cnc(C(C)NCc2c(C)noc2C)s1. The number of aryl methyl sites for hydroxylation is 3. The van der Waals surface area contributed by atoms with E-state index >= 15 is 0 Å². The van der Waals surface area contributed by atoms with Crippen molar-refractivity contribution in [1.82, 2.24) is 15.5 Å². The second kappa shape index (κ2) is 5.63. The van der Waals surface area contributed by atoms with Crippen LogP contribution >= 0.6 is 11.3 Å². The molecule has 98 valence electrons. The Labute approximate surface area is 111 Å². The topological polar surface area (TPSA) is 51.0 Å². The lowest BCUT2D eigenvalue weighted by Crippen LogP contribution is -2.18. The molecule has 18 heavy (non-hydrogen) atoms. The van der Waals surface area contributed by atoms with E-state index in [2.05, 4.69) is 29.3 Å². The lowest BCUT2D eigenvalue weighted by molar-refractivity contribution is 0.391. The van der Waals surface area contributed by atoms with Gasteiger partial charge in [-0.3, -0.25) is 0 Å². The van der Waals surface area contributed by atoms with Gasteiger partial charge >= 0.3 is 0 Å². The van der Waals surface area contributed by atoms with E-state index in [1.54, 1.807) is 11.3 Å². The number of hydrogen-bond donors (Lipinski definition) is 1. The molecule has 0 aliphatic rings. The van der Waals surface area contributed by atoms with Crippen molar-refractivity contribution < 1.29 is 4.52 Å². The molecule has 0 amide bonds. The smallest absolute Gasteiger partial charge is 0.138 e. The zero-order valence-electron chi connectivity index (χ0n) is 11.3. The molecule has 2 aromatic heterocycles. The van der Waals surface area contributed by atoms with Gasteiger partial charge in [0.15, 0.2) is 0 Å². The molecular weight excluding hydrogens is 246 g/mol. The molecule has 0 aliphatic heterocycles. The highest BCUT2D eigenvalue weighted by Gasteiger charge is 2.13. The van der Waals surface area contributed by atoms with Crippen molar-refractivity contribution in [2.75, 3.05) is 0 Å². The summed E-state index contributed by atoms with van der Waals surface area (Å²) in [5.41, 5.74) is 2.11. The first-order chi connectivity index (χ1) is 8.61.